The number of hydrogen-bond acceptors (Lipinski definition) is 2. The predicted molar refractivity (Wildman–Crippen MR) is 54.8 cm³/mol. The minimum absolute atomic E-state index is 0.203. The summed E-state index contributed by atoms with van der Waals surface area (Å²) in [5, 5.41) is 4.14. The lowest BCUT2D eigenvalue weighted by Crippen LogP contribution is -2.21. The number of hydrogen-bond donors (Lipinski definition) is 1. The average molecular weight is 199 g/mol. The zero-order chi connectivity index (χ0) is 10.4. The van der Waals surface area contributed by atoms with Crippen LogP contribution in [0.1, 0.15) is 25.3 Å². The molecule has 1 unspecified atom stereocenters. The van der Waals surface area contributed by atoms with E-state index in [9.17, 15) is 4.39 Å². The summed E-state index contributed by atoms with van der Waals surface area (Å²) in [7, 11) is 0. The van der Waals surface area contributed by atoms with E-state index in [1.54, 1.807) is 4.68 Å². The SMILES string of the molecule is CCC(N)Cc1cnn(CCCF)c1. The average Bonchev–Trinajstić information content (AvgIpc) is 2.62. The minimum atomic E-state index is -0.288. The van der Waals surface area contributed by atoms with E-state index in [1.165, 1.54) is 0 Å². The van der Waals surface area contributed by atoms with Crippen LogP contribution in [0.2, 0.25) is 0 Å². The molecule has 3 nitrogen and oxygen atoms in total. The Hall–Kier alpha value is -0.900. The van der Waals surface area contributed by atoms with Gasteiger partial charge in [0, 0.05) is 18.8 Å². The van der Waals surface area contributed by atoms with E-state index in [-0.39, 0.29) is 12.7 Å². The number of nitrogens with zero attached hydrogens (tertiary/aromatic N) is 2. The zero-order valence-electron chi connectivity index (χ0n) is 8.62. The molecule has 80 valence electrons. The molecule has 0 fully saturated rings. The third-order valence-corrected chi connectivity index (χ3v) is 2.23. The van der Waals surface area contributed by atoms with Crippen molar-refractivity contribution in [3.05, 3.63) is 18.0 Å². The van der Waals surface area contributed by atoms with Gasteiger partial charge in [0.05, 0.1) is 12.9 Å². The largest absolute Gasteiger partial charge is 0.327 e. The third-order valence-electron chi connectivity index (χ3n) is 2.23. The van der Waals surface area contributed by atoms with Gasteiger partial charge < -0.3 is 5.73 Å². The first-order chi connectivity index (χ1) is 6.76. The lowest BCUT2D eigenvalue weighted by molar-refractivity contribution is 0.434. The summed E-state index contributed by atoms with van der Waals surface area (Å²) < 4.78 is 13.7. The zero-order valence-corrected chi connectivity index (χ0v) is 8.62. The van der Waals surface area contributed by atoms with Gasteiger partial charge in [-0.05, 0) is 24.8 Å². The van der Waals surface area contributed by atoms with E-state index in [0.29, 0.717) is 13.0 Å². The lowest BCUT2D eigenvalue weighted by atomic mass is 10.1. The van der Waals surface area contributed by atoms with Crippen LogP contribution < -0.4 is 5.73 Å². The number of halogens is 1. The van der Waals surface area contributed by atoms with E-state index in [1.807, 2.05) is 12.4 Å². The highest BCUT2D eigenvalue weighted by atomic mass is 19.1. The second-order valence-corrected chi connectivity index (χ2v) is 3.53. The van der Waals surface area contributed by atoms with Gasteiger partial charge in [-0.15, -0.1) is 0 Å². The van der Waals surface area contributed by atoms with Crippen molar-refractivity contribution in [1.82, 2.24) is 9.78 Å². The van der Waals surface area contributed by atoms with Crippen molar-refractivity contribution in [2.75, 3.05) is 6.67 Å². The lowest BCUT2D eigenvalue weighted by Gasteiger charge is -2.05. The van der Waals surface area contributed by atoms with Crippen molar-refractivity contribution in [2.24, 2.45) is 5.73 Å². The Morgan fingerprint density at radius 2 is 2.43 bits per heavy atom. The van der Waals surface area contributed by atoms with Crippen LogP contribution in [0.4, 0.5) is 4.39 Å². The normalized spacial score (nSPS) is 13.1. The Labute approximate surface area is 84.1 Å². The molecule has 0 amide bonds. The number of aromatic nitrogens is 2. The highest BCUT2D eigenvalue weighted by Gasteiger charge is 2.03. The molecule has 0 aliphatic heterocycles. The maximum absolute atomic E-state index is 11.9. The molecule has 4 heteroatoms. The van der Waals surface area contributed by atoms with Crippen molar-refractivity contribution in [3.8, 4) is 0 Å². The number of alkyl halides is 1. The van der Waals surface area contributed by atoms with Gasteiger partial charge >= 0.3 is 0 Å². The first kappa shape index (κ1) is 11.2. The van der Waals surface area contributed by atoms with Crippen LogP contribution in [0.3, 0.4) is 0 Å². The second kappa shape index (κ2) is 5.75. The molecule has 14 heavy (non-hydrogen) atoms. The molecule has 0 bridgehead atoms. The Morgan fingerprint density at radius 3 is 3.07 bits per heavy atom. The van der Waals surface area contributed by atoms with Crippen LogP contribution in [0.5, 0.6) is 0 Å². The summed E-state index contributed by atoms with van der Waals surface area (Å²) in [6, 6.07) is 0.203. The van der Waals surface area contributed by atoms with E-state index in [0.717, 1.165) is 18.4 Å². The van der Waals surface area contributed by atoms with E-state index >= 15 is 0 Å². The standard InChI is InChI=1S/C10H18FN3/c1-2-10(12)6-9-7-13-14(8-9)5-3-4-11/h7-8,10H,2-6,12H2,1H3. The second-order valence-electron chi connectivity index (χ2n) is 3.53. The fraction of sp³-hybridized carbons (Fsp3) is 0.700. The van der Waals surface area contributed by atoms with Crippen molar-refractivity contribution in [2.45, 2.75) is 38.8 Å². The van der Waals surface area contributed by atoms with Gasteiger partial charge in [0.25, 0.3) is 0 Å². The summed E-state index contributed by atoms with van der Waals surface area (Å²) in [5.74, 6) is 0. The Balaban J connectivity index is 2.42. The molecule has 0 saturated heterocycles. The summed E-state index contributed by atoms with van der Waals surface area (Å²) in [6.07, 6.45) is 6.11. The fourth-order valence-electron chi connectivity index (χ4n) is 1.30. The summed E-state index contributed by atoms with van der Waals surface area (Å²) in [4.78, 5) is 0. The van der Waals surface area contributed by atoms with Gasteiger partial charge in [-0.3, -0.25) is 9.07 Å². The van der Waals surface area contributed by atoms with Crippen molar-refractivity contribution in [3.63, 3.8) is 0 Å². The summed E-state index contributed by atoms with van der Waals surface area (Å²) in [6.45, 7) is 2.43. The molecule has 1 heterocycles. The predicted octanol–water partition coefficient (Wildman–Crippen LogP) is 1.52. The molecule has 2 N–H and O–H groups in total. The Bertz CT molecular complexity index is 260. The number of rotatable bonds is 6. The monoisotopic (exact) mass is 199 g/mol. The van der Waals surface area contributed by atoms with Crippen molar-refractivity contribution >= 4 is 0 Å². The maximum atomic E-state index is 11.9. The molecule has 0 aliphatic carbocycles. The van der Waals surface area contributed by atoms with Gasteiger partial charge in [0.15, 0.2) is 0 Å². The van der Waals surface area contributed by atoms with Gasteiger partial charge in [0.2, 0.25) is 0 Å². The third kappa shape index (κ3) is 3.46. The van der Waals surface area contributed by atoms with Crippen LogP contribution in [0.15, 0.2) is 12.4 Å². The smallest absolute Gasteiger partial charge is 0.0912 e. The highest BCUT2D eigenvalue weighted by molar-refractivity contribution is 5.05. The molecular weight excluding hydrogens is 181 g/mol. The van der Waals surface area contributed by atoms with Crippen LogP contribution in [0.25, 0.3) is 0 Å². The quantitative estimate of drug-likeness (QED) is 0.755. The molecule has 1 aromatic rings. The Morgan fingerprint density at radius 1 is 1.64 bits per heavy atom. The molecule has 0 spiro atoms. The van der Waals surface area contributed by atoms with E-state index < -0.39 is 0 Å². The number of aryl methyl sites for hydroxylation is 1. The van der Waals surface area contributed by atoms with Crippen LogP contribution in [-0.4, -0.2) is 22.5 Å². The first-order valence-corrected chi connectivity index (χ1v) is 5.09. The molecular formula is C10H18FN3. The van der Waals surface area contributed by atoms with Gasteiger partial charge in [-0.1, -0.05) is 6.92 Å². The topological polar surface area (TPSA) is 43.8 Å². The van der Waals surface area contributed by atoms with Gasteiger partial charge in [0.1, 0.15) is 0 Å². The molecule has 1 atom stereocenters. The Kier molecular flexibility index (Phi) is 4.59. The highest BCUT2D eigenvalue weighted by Crippen LogP contribution is 2.03. The van der Waals surface area contributed by atoms with Crippen molar-refractivity contribution < 1.29 is 4.39 Å². The van der Waals surface area contributed by atoms with E-state index in [4.69, 9.17) is 5.73 Å². The van der Waals surface area contributed by atoms with Gasteiger partial charge in [-0.25, -0.2) is 0 Å². The molecule has 0 aliphatic rings. The number of nitrogens with two attached hydrogens (primary N) is 1. The van der Waals surface area contributed by atoms with Gasteiger partial charge in [-0.2, -0.15) is 5.10 Å². The molecule has 0 saturated carbocycles. The van der Waals surface area contributed by atoms with Crippen molar-refractivity contribution in [1.29, 1.82) is 0 Å². The minimum Gasteiger partial charge on any atom is -0.327 e. The molecule has 0 aromatic carbocycles. The summed E-state index contributed by atoms with van der Waals surface area (Å²) >= 11 is 0. The first-order valence-electron chi connectivity index (χ1n) is 5.09. The van der Waals surface area contributed by atoms with Crippen LogP contribution in [-0.2, 0) is 13.0 Å². The fourth-order valence-corrected chi connectivity index (χ4v) is 1.30. The molecule has 1 aromatic heterocycles. The summed E-state index contributed by atoms with van der Waals surface area (Å²) in [5.41, 5.74) is 6.95. The van der Waals surface area contributed by atoms with Crippen LogP contribution in [0, 0.1) is 0 Å². The van der Waals surface area contributed by atoms with Crippen LogP contribution >= 0.6 is 0 Å². The van der Waals surface area contributed by atoms with E-state index in [2.05, 4.69) is 12.0 Å². The maximum Gasteiger partial charge on any atom is 0.0912 e. The molecule has 1 rings (SSSR count). The molecule has 0 radical (unpaired) electrons.